The van der Waals surface area contributed by atoms with Crippen molar-refractivity contribution in [1.82, 2.24) is 0 Å². The average Bonchev–Trinajstić information content (AvgIpc) is 2.41. The van der Waals surface area contributed by atoms with Crippen molar-refractivity contribution in [2.75, 3.05) is 24.4 Å². The van der Waals surface area contributed by atoms with Gasteiger partial charge in [0.2, 0.25) is 0 Å². The number of nitrogens with two attached hydrogens (primary N) is 1. The van der Waals surface area contributed by atoms with Crippen LogP contribution in [-0.4, -0.2) is 13.4 Å². The second kappa shape index (κ2) is 5.69. The van der Waals surface area contributed by atoms with Gasteiger partial charge in [-0.2, -0.15) is 0 Å². The summed E-state index contributed by atoms with van der Waals surface area (Å²) in [5.74, 6) is 0.682. The van der Waals surface area contributed by atoms with Crippen molar-refractivity contribution >= 4 is 28.8 Å². The lowest BCUT2D eigenvalue weighted by Crippen LogP contribution is -1.96. The van der Waals surface area contributed by atoms with Gasteiger partial charge in [0.05, 0.1) is 18.5 Å². The summed E-state index contributed by atoms with van der Waals surface area (Å²) in [4.78, 5) is 1.20. The normalized spacial score (nSPS) is 10.1. The average molecular weight is 260 g/mol. The van der Waals surface area contributed by atoms with E-state index in [9.17, 15) is 0 Å². The highest BCUT2D eigenvalue weighted by atomic mass is 32.2. The number of nitrogens with one attached hydrogen (secondary N) is 1. The van der Waals surface area contributed by atoms with Gasteiger partial charge in [0.15, 0.2) is 0 Å². The van der Waals surface area contributed by atoms with Crippen LogP contribution in [0.1, 0.15) is 0 Å². The number of para-hydroxylation sites is 1. The Balaban J connectivity index is 2.28. The molecule has 0 saturated carbocycles. The molecule has 0 aliphatic rings. The van der Waals surface area contributed by atoms with Crippen LogP contribution in [0.2, 0.25) is 0 Å². The number of nitrogen functional groups attached to an aromatic ring is 1. The lowest BCUT2D eigenvalue weighted by molar-refractivity contribution is 0.417. The molecule has 0 heterocycles. The fourth-order valence-corrected chi connectivity index (χ4v) is 2.25. The molecule has 94 valence electrons. The van der Waals surface area contributed by atoms with Gasteiger partial charge >= 0.3 is 0 Å². The SMILES string of the molecule is COc1cc(Nc2ccccc2SC)ccc1N. The maximum atomic E-state index is 5.79. The predicted octanol–water partition coefficient (Wildman–Crippen LogP) is 3.74. The van der Waals surface area contributed by atoms with E-state index >= 15 is 0 Å². The first-order valence-electron chi connectivity index (χ1n) is 5.58. The van der Waals surface area contributed by atoms with E-state index in [4.69, 9.17) is 10.5 Å². The fourth-order valence-electron chi connectivity index (χ4n) is 1.69. The van der Waals surface area contributed by atoms with Gasteiger partial charge in [0, 0.05) is 16.6 Å². The molecule has 0 saturated heterocycles. The Bertz CT molecular complexity index is 543. The van der Waals surface area contributed by atoms with E-state index in [1.165, 1.54) is 4.90 Å². The third-order valence-corrected chi connectivity index (χ3v) is 3.42. The largest absolute Gasteiger partial charge is 0.495 e. The molecule has 0 fully saturated rings. The van der Waals surface area contributed by atoms with Crippen LogP contribution in [0, 0.1) is 0 Å². The smallest absolute Gasteiger partial charge is 0.143 e. The van der Waals surface area contributed by atoms with E-state index < -0.39 is 0 Å². The Morgan fingerprint density at radius 3 is 2.67 bits per heavy atom. The van der Waals surface area contributed by atoms with E-state index in [0.29, 0.717) is 11.4 Å². The molecule has 0 bridgehead atoms. The van der Waals surface area contributed by atoms with Gasteiger partial charge < -0.3 is 15.8 Å². The van der Waals surface area contributed by atoms with Crippen LogP contribution in [0.4, 0.5) is 17.1 Å². The molecule has 2 aromatic rings. The van der Waals surface area contributed by atoms with Gasteiger partial charge in [-0.3, -0.25) is 0 Å². The number of rotatable bonds is 4. The Morgan fingerprint density at radius 1 is 1.17 bits per heavy atom. The van der Waals surface area contributed by atoms with Crippen LogP contribution >= 0.6 is 11.8 Å². The summed E-state index contributed by atoms with van der Waals surface area (Å²) in [5, 5.41) is 3.37. The van der Waals surface area contributed by atoms with E-state index in [1.807, 2.05) is 30.3 Å². The number of ether oxygens (including phenoxy) is 1. The number of thioether (sulfide) groups is 1. The highest BCUT2D eigenvalue weighted by molar-refractivity contribution is 7.98. The van der Waals surface area contributed by atoms with Crippen molar-refractivity contribution in [2.24, 2.45) is 0 Å². The molecule has 2 rings (SSSR count). The van der Waals surface area contributed by atoms with Crippen LogP contribution in [0.3, 0.4) is 0 Å². The Kier molecular flexibility index (Phi) is 3.99. The van der Waals surface area contributed by atoms with Crippen LogP contribution in [0.15, 0.2) is 47.4 Å². The van der Waals surface area contributed by atoms with Crippen LogP contribution < -0.4 is 15.8 Å². The lowest BCUT2D eigenvalue weighted by atomic mass is 10.2. The summed E-state index contributed by atoms with van der Waals surface area (Å²) in [6.07, 6.45) is 2.06. The number of benzene rings is 2. The minimum absolute atomic E-state index is 0.640. The van der Waals surface area contributed by atoms with Crippen molar-refractivity contribution in [3.8, 4) is 5.75 Å². The summed E-state index contributed by atoms with van der Waals surface area (Å²) >= 11 is 1.71. The molecule has 0 radical (unpaired) electrons. The zero-order valence-corrected chi connectivity index (χ0v) is 11.3. The molecule has 0 aromatic heterocycles. The molecule has 3 N–H and O–H groups in total. The molecule has 2 aromatic carbocycles. The number of methoxy groups -OCH3 is 1. The van der Waals surface area contributed by atoms with Crippen molar-refractivity contribution < 1.29 is 4.74 Å². The number of anilines is 3. The van der Waals surface area contributed by atoms with Gasteiger partial charge in [-0.15, -0.1) is 11.8 Å². The summed E-state index contributed by atoms with van der Waals surface area (Å²) in [6.45, 7) is 0. The molecule has 0 spiro atoms. The second-order valence-corrected chi connectivity index (χ2v) is 4.63. The molecule has 3 nitrogen and oxygen atoms in total. The van der Waals surface area contributed by atoms with Gasteiger partial charge in [-0.1, -0.05) is 12.1 Å². The second-order valence-electron chi connectivity index (χ2n) is 3.78. The molecule has 0 atom stereocenters. The topological polar surface area (TPSA) is 47.3 Å². The molecular weight excluding hydrogens is 244 g/mol. The minimum atomic E-state index is 0.640. The van der Waals surface area contributed by atoms with Crippen molar-refractivity contribution in [1.29, 1.82) is 0 Å². The number of hydrogen-bond acceptors (Lipinski definition) is 4. The first-order valence-corrected chi connectivity index (χ1v) is 6.80. The summed E-state index contributed by atoms with van der Waals surface area (Å²) in [7, 11) is 1.62. The Labute approximate surface area is 111 Å². The Morgan fingerprint density at radius 2 is 1.94 bits per heavy atom. The van der Waals surface area contributed by atoms with E-state index in [-0.39, 0.29) is 0 Å². The van der Waals surface area contributed by atoms with Gasteiger partial charge in [0.1, 0.15) is 5.75 Å². The Hall–Kier alpha value is -1.81. The van der Waals surface area contributed by atoms with Crippen LogP contribution in [0.25, 0.3) is 0 Å². The lowest BCUT2D eigenvalue weighted by Gasteiger charge is -2.12. The van der Waals surface area contributed by atoms with E-state index in [2.05, 4.69) is 23.7 Å². The first-order chi connectivity index (χ1) is 8.74. The molecule has 0 aliphatic carbocycles. The highest BCUT2D eigenvalue weighted by Gasteiger charge is 2.04. The molecule has 4 heteroatoms. The van der Waals surface area contributed by atoms with E-state index in [1.54, 1.807) is 18.9 Å². The first kappa shape index (κ1) is 12.6. The fraction of sp³-hybridized carbons (Fsp3) is 0.143. The van der Waals surface area contributed by atoms with Gasteiger partial charge in [0.25, 0.3) is 0 Å². The predicted molar refractivity (Wildman–Crippen MR) is 78.9 cm³/mol. The molecule has 0 aliphatic heterocycles. The number of hydrogen-bond donors (Lipinski definition) is 2. The van der Waals surface area contributed by atoms with E-state index in [0.717, 1.165) is 11.4 Å². The molecule has 0 amide bonds. The maximum absolute atomic E-state index is 5.79. The zero-order chi connectivity index (χ0) is 13.0. The third-order valence-electron chi connectivity index (χ3n) is 2.62. The van der Waals surface area contributed by atoms with Crippen molar-refractivity contribution in [3.05, 3.63) is 42.5 Å². The van der Waals surface area contributed by atoms with Crippen molar-refractivity contribution in [3.63, 3.8) is 0 Å². The standard InChI is InChI=1S/C14H16N2OS/c1-17-13-9-10(7-8-11(13)15)16-12-5-3-4-6-14(12)18-2/h3-9,16H,15H2,1-2H3. The monoisotopic (exact) mass is 260 g/mol. The third kappa shape index (κ3) is 2.71. The van der Waals surface area contributed by atoms with Crippen LogP contribution in [0.5, 0.6) is 5.75 Å². The van der Waals surface area contributed by atoms with Crippen molar-refractivity contribution in [2.45, 2.75) is 4.90 Å². The summed E-state index contributed by atoms with van der Waals surface area (Å²) in [6, 6.07) is 13.8. The quantitative estimate of drug-likeness (QED) is 0.649. The van der Waals surface area contributed by atoms with Gasteiger partial charge in [-0.25, -0.2) is 0 Å². The molecule has 18 heavy (non-hydrogen) atoms. The zero-order valence-electron chi connectivity index (χ0n) is 10.4. The van der Waals surface area contributed by atoms with Gasteiger partial charge in [-0.05, 0) is 30.5 Å². The molecule has 0 unspecified atom stereocenters. The summed E-state index contributed by atoms with van der Waals surface area (Å²) < 4.78 is 5.21. The highest BCUT2D eigenvalue weighted by Crippen LogP contribution is 2.31. The molecular formula is C14H16N2OS. The minimum Gasteiger partial charge on any atom is -0.495 e. The maximum Gasteiger partial charge on any atom is 0.143 e. The summed E-state index contributed by atoms with van der Waals surface area (Å²) in [5.41, 5.74) is 8.47. The van der Waals surface area contributed by atoms with Crippen LogP contribution in [-0.2, 0) is 0 Å².